The topological polar surface area (TPSA) is 540 Å². The second kappa shape index (κ2) is 34.8. The number of carboxylic acids is 1. The van der Waals surface area contributed by atoms with Gasteiger partial charge in [-0.2, -0.15) is 0 Å². The number of nitrogens with two attached hydrogens (primary N) is 8. The lowest BCUT2D eigenvalue weighted by atomic mass is 10.1. The lowest BCUT2D eigenvalue weighted by molar-refractivity contribution is -0.137. The summed E-state index contributed by atoms with van der Waals surface area (Å²) in [5, 5.41) is 28.1. The summed E-state index contributed by atoms with van der Waals surface area (Å²) in [6.07, 6.45) is 0.746. The molecule has 474 valence electrons. The third-order valence-electron chi connectivity index (χ3n) is 12.8. The Morgan fingerprint density at radius 3 is 1.05 bits per heavy atom. The van der Waals surface area contributed by atoms with E-state index in [4.69, 9.17) is 64.8 Å². The van der Waals surface area contributed by atoms with Gasteiger partial charge in [0.25, 0.3) is 23.6 Å². The lowest BCUT2D eigenvalue weighted by Crippen LogP contribution is -2.45. The SMILES string of the molecule is COc1ccc(NC(=O)[C@H](CCCN=C(N)N)NC(=O)c2cc(NC(=O)[C@H](CCCN=C(N)N)NC(=O)c3cc(NC(=O)[C@H](CCC(=O)O)NC(=O)c4cc(NC(=O)[C@@H](N)CCCCN=C(N)N)ccc4OC)ccc3OC)ccc2OC)cc1C(N)=O. The van der Waals surface area contributed by atoms with Crippen LogP contribution in [0.5, 0.6) is 23.0 Å². The van der Waals surface area contributed by atoms with E-state index in [0.29, 0.717) is 25.8 Å². The number of methoxy groups -OCH3 is 4. The normalized spacial score (nSPS) is 11.9. The molecule has 32 heteroatoms. The van der Waals surface area contributed by atoms with Gasteiger partial charge in [-0.1, -0.05) is 0 Å². The van der Waals surface area contributed by atoms with Gasteiger partial charge in [0, 0.05) is 48.8 Å². The van der Waals surface area contributed by atoms with Gasteiger partial charge in [-0.05, 0) is 124 Å². The molecule has 0 fully saturated rings. The molecule has 0 aliphatic heterocycles. The van der Waals surface area contributed by atoms with Crippen LogP contribution in [0.2, 0.25) is 0 Å². The smallest absolute Gasteiger partial charge is 0.303 e. The second-order valence-electron chi connectivity index (χ2n) is 19.3. The number of aliphatic imine (C=N–C) groups is 3. The van der Waals surface area contributed by atoms with Crippen molar-refractivity contribution in [2.24, 2.45) is 60.8 Å². The molecule has 0 radical (unpaired) electrons. The molecular weight excluding hydrogens is 1150 g/mol. The third kappa shape index (κ3) is 22.3. The molecule has 0 unspecified atom stereocenters. The van der Waals surface area contributed by atoms with Crippen LogP contribution < -0.4 is 102 Å². The number of ether oxygens (including phenoxy) is 4. The second-order valence-corrected chi connectivity index (χ2v) is 19.3. The van der Waals surface area contributed by atoms with Crippen LogP contribution in [0.3, 0.4) is 0 Å². The van der Waals surface area contributed by atoms with Crippen LogP contribution in [0.25, 0.3) is 0 Å². The first-order chi connectivity index (χ1) is 41.9. The molecule has 0 bridgehead atoms. The van der Waals surface area contributed by atoms with Gasteiger partial charge >= 0.3 is 5.97 Å². The minimum absolute atomic E-state index is 0.0118. The van der Waals surface area contributed by atoms with Crippen molar-refractivity contribution in [1.82, 2.24) is 16.0 Å². The Hall–Kier alpha value is -10.9. The van der Waals surface area contributed by atoms with Gasteiger partial charge < -0.3 is 107 Å². The summed E-state index contributed by atoms with van der Waals surface area (Å²) in [5.74, 6) is -7.89. The van der Waals surface area contributed by atoms with Crippen LogP contribution in [0, 0.1) is 0 Å². The summed E-state index contributed by atoms with van der Waals surface area (Å²) in [5.41, 5.74) is 44.2. The molecule has 8 amide bonds. The molecule has 0 spiro atoms. The van der Waals surface area contributed by atoms with Crippen LogP contribution in [-0.2, 0) is 24.0 Å². The highest BCUT2D eigenvalue weighted by atomic mass is 16.5. The zero-order valence-electron chi connectivity index (χ0n) is 48.9. The van der Waals surface area contributed by atoms with Gasteiger partial charge in [0.1, 0.15) is 41.1 Å². The van der Waals surface area contributed by atoms with E-state index in [1.165, 1.54) is 101 Å². The maximum absolute atomic E-state index is 14.3. The molecular formula is C56H76N18O14. The van der Waals surface area contributed by atoms with Crippen molar-refractivity contribution in [3.63, 3.8) is 0 Å². The van der Waals surface area contributed by atoms with Crippen LogP contribution in [0.1, 0.15) is 99.2 Å². The Kier molecular flexibility index (Phi) is 27.5. The molecule has 0 saturated heterocycles. The van der Waals surface area contributed by atoms with Crippen molar-refractivity contribution in [1.29, 1.82) is 0 Å². The molecule has 4 aromatic rings. The number of unbranched alkanes of at least 4 members (excludes halogenated alkanes) is 1. The van der Waals surface area contributed by atoms with Crippen molar-refractivity contribution in [2.45, 2.75) is 82.0 Å². The van der Waals surface area contributed by atoms with E-state index in [-0.39, 0.29) is 125 Å². The van der Waals surface area contributed by atoms with Gasteiger partial charge in [-0.15, -0.1) is 0 Å². The van der Waals surface area contributed by atoms with Gasteiger partial charge in [0.05, 0.1) is 56.7 Å². The van der Waals surface area contributed by atoms with E-state index < -0.39 is 90.2 Å². The Balaban J connectivity index is 1.58. The minimum Gasteiger partial charge on any atom is -0.496 e. The quantitative estimate of drug-likeness (QED) is 0.0160. The summed E-state index contributed by atoms with van der Waals surface area (Å²) in [6, 6.07) is 11.3. The van der Waals surface area contributed by atoms with Crippen LogP contribution in [-0.4, -0.2) is 148 Å². The number of hydrogen-bond donors (Lipinski definition) is 16. The molecule has 4 rings (SSSR count). The maximum atomic E-state index is 14.3. The number of carboxylic acid groups (broad SMARTS) is 1. The average Bonchev–Trinajstić information content (AvgIpc) is 3.70. The Morgan fingerprint density at radius 1 is 0.420 bits per heavy atom. The highest BCUT2D eigenvalue weighted by Crippen LogP contribution is 2.28. The predicted molar refractivity (Wildman–Crippen MR) is 328 cm³/mol. The number of carbonyl (C=O) groups excluding carboxylic acids is 8. The van der Waals surface area contributed by atoms with Gasteiger partial charge in [-0.3, -0.25) is 58.1 Å². The number of amides is 8. The fourth-order valence-electron chi connectivity index (χ4n) is 8.40. The number of nitrogens with one attached hydrogen (secondary N) is 7. The van der Waals surface area contributed by atoms with E-state index in [2.05, 4.69) is 52.2 Å². The first-order valence-electron chi connectivity index (χ1n) is 27.2. The first-order valence-corrected chi connectivity index (χ1v) is 27.2. The molecule has 32 nitrogen and oxygen atoms in total. The molecule has 4 atom stereocenters. The Labute approximate surface area is 505 Å². The van der Waals surface area contributed by atoms with E-state index in [1.807, 2.05) is 0 Å². The number of hydrogen-bond acceptors (Lipinski definition) is 17. The van der Waals surface area contributed by atoms with Crippen LogP contribution >= 0.6 is 0 Å². The summed E-state index contributed by atoms with van der Waals surface area (Å²) in [7, 11) is 5.19. The molecule has 0 aliphatic rings. The van der Waals surface area contributed by atoms with Crippen molar-refractivity contribution in [2.75, 3.05) is 69.3 Å². The number of rotatable bonds is 35. The highest BCUT2D eigenvalue weighted by molar-refractivity contribution is 6.08. The molecule has 4 aromatic carbocycles. The summed E-state index contributed by atoms with van der Waals surface area (Å²) >= 11 is 0. The number of carbonyl (C=O) groups is 9. The minimum atomic E-state index is -1.51. The monoisotopic (exact) mass is 1220 g/mol. The van der Waals surface area contributed by atoms with E-state index >= 15 is 0 Å². The molecule has 0 heterocycles. The zero-order chi connectivity index (χ0) is 65.0. The van der Waals surface area contributed by atoms with E-state index in [9.17, 15) is 48.3 Å². The number of primary amides is 1. The maximum Gasteiger partial charge on any atom is 0.303 e. The highest BCUT2D eigenvalue weighted by Gasteiger charge is 2.29. The Morgan fingerprint density at radius 2 is 0.727 bits per heavy atom. The number of benzene rings is 4. The fraction of sp³-hybridized carbons (Fsp3) is 0.357. The van der Waals surface area contributed by atoms with Gasteiger partial charge in [0.15, 0.2) is 17.9 Å². The summed E-state index contributed by atoms with van der Waals surface area (Å²) in [6.45, 7) is 0.493. The van der Waals surface area contributed by atoms with Crippen molar-refractivity contribution in [3.8, 4) is 23.0 Å². The van der Waals surface area contributed by atoms with Crippen molar-refractivity contribution in [3.05, 3.63) is 95.1 Å². The summed E-state index contributed by atoms with van der Waals surface area (Å²) in [4.78, 5) is 133. The number of aliphatic carboxylic acids is 1. The Bertz CT molecular complexity index is 3250. The van der Waals surface area contributed by atoms with Crippen molar-refractivity contribution >= 4 is 93.9 Å². The fourth-order valence-corrected chi connectivity index (χ4v) is 8.40. The van der Waals surface area contributed by atoms with E-state index in [0.717, 1.165) is 0 Å². The van der Waals surface area contributed by atoms with Crippen LogP contribution in [0.4, 0.5) is 22.7 Å². The molecule has 0 aliphatic carbocycles. The molecule has 0 saturated carbocycles. The van der Waals surface area contributed by atoms with Gasteiger partial charge in [0.2, 0.25) is 23.6 Å². The summed E-state index contributed by atoms with van der Waals surface area (Å²) < 4.78 is 21.5. The zero-order valence-corrected chi connectivity index (χ0v) is 48.9. The third-order valence-corrected chi connectivity index (χ3v) is 12.8. The first kappa shape index (κ1) is 69.6. The average molecular weight is 1230 g/mol. The van der Waals surface area contributed by atoms with Crippen molar-refractivity contribution < 1.29 is 67.2 Å². The molecule has 0 aromatic heterocycles. The largest absolute Gasteiger partial charge is 0.496 e. The number of guanidine groups is 3. The van der Waals surface area contributed by atoms with E-state index in [1.54, 1.807) is 0 Å². The number of nitrogens with zero attached hydrogens (tertiary/aromatic N) is 3. The molecule has 88 heavy (non-hydrogen) atoms. The lowest BCUT2D eigenvalue weighted by Gasteiger charge is -2.21. The van der Waals surface area contributed by atoms with Gasteiger partial charge in [-0.25, -0.2) is 0 Å². The molecule has 24 N–H and O–H groups in total. The van der Waals surface area contributed by atoms with Crippen LogP contribution in [0.15, 0.2) is 87.8 Å². The predicted octanol–water partition coefficient (Wildman–Crippen LogP) is -0.287. The standard InChI is InChI=1S/C56H76N18O14/c1-85-41-17-12-29(25-33(41)46(58)77)69-51(82)38(10-7-23-66-55(61)62)72-47(78)35-27-31(14-19-43(35)87-3)70-52(83)39(11-8-24-67-56(63)64)73-48(79)36-28-32(15-20-44(36)88-4)71-53(84)40(16-21-45(75)76)74-49(80)34-26-30(13-18-42(34)86-2)68-50(81)37(57)9-5-6-22-65-54(59)60/h12-15,17-20,25-28,37-40H,5-11,16,21-24,57H2,1-4H3,(H2,58,77)(H,68,81)(H,69,82)(H,70,83)(H,71,84)(H,72,78)(H,73,79)(H,74,80)(H,75,76)(H4,59,60,65)(H4,61,62,66)(H4,63,64,67)/t37-,38-,39-,40-/m0/s1. The number of anilines is 4.